The van der Waals surface area contributed by atoms with E-state index < -0.39 is 4.92 Å². The number of aryl methyl sites for hydroxylation is 1. The van der Waals surface area contributed by atoms with Gasteiger partial charge >= 0.3 is 0 Å². The summed E-state index contributed by atoms with van der Waals surface area (Å²) in [6.45, 7) is 6.18. The summed E-state index contributed by atoms with van der Waals surface area (Å²) in [5.41, 5.74) is 0.539. The number of rotatable bonds is 3. The number of nitrogens with one attached hydrogen (secondary N) is 1. The van der Waals surface area contributed by atoms with Crippen LogP contribution in [-0.2, 0) is 0 Å². The highest BCUT2D eigenvalue weighted by atomic mass is 16.6. The lowest BCUT2D eigenvalue weighted by Crippen LogP contribution is -2.24. The van der Waals surface area contributed by atoms with Gasteiger partial charge in [-0.15, -0.1) is 0 Å². The van der Waals surface area contributed by atoms with E-state index in [1.807, 2.05) is 0 Å². The van der Waals surface area contributed by atoms with Crippen LogP contribution in [-0.4, -0.2) is 15.9 Å². The number of hydrogen-bond donors (Lipinski definition) is 1. The molecule has 1 aromatic heterocycles. The average Bonchev–Trinajstić information content (AvgIpc) is 2.61. The smallest absolute Gasteiger partial charge is 0.290 e. The largest absolute Gasteiger partial charge is 0.367 e. The third-order valence-electron chi connectivity index (χ3n) is 4.05. The Hall–Kier alpha value is -1.65. The Morgan fingerprint density at radius 3 is 2.61 bits per heavy atom. The molecule has 18 heavy (non-hydrogen) atoms. The first-order valence-corrected chi connectivity index (χ1v) is 6.37. The maximum atomic E-state index is 10.7. The van der Waals surface area contributed by atoms with Gasteiger partial charge in [0.2, 0.25) is 0 Å². The van der Waals surface area contributed by atoms with E-state index in [-0.39, 0.29) is 5.69 Å². The van der Waals surface area contributed by atoms with Crippen LogP contribution < -0.4 is 5.32 Å². The van der Waals surface area contributed by atoms with E-state index in [2.05, 4.69) is 24.1 Å². The van der Waals surface area contributed by atoms with Crippen molar-refractivity contribution in [3.8, 4) is 0 Å². The summed E-state index contributed by atoms with van der Waals surface area (Å²) in [6, 6.07) is 3.64. The molecule has 0 amide bonds. The van der Waals surface area contributed by atoms with E-state index in [4.69, 9.17) is 0 Å². The van der Waals surface area contributed by atoms with Crippen molar-refractivity contribution in [1.82, 2.24) is 4.98 Å². The topological polar surface area (TPSA) is 68.1 Å². The summed E-state index contributed by atoms with van der Waals surface area (Å²) in [6.07, 6.45) is 2.37. The minimum Gasteiger partial charge on any atom is -0.367 e. The lowest BCUT2D eigenvalue weighted by Gasteiger charge is -2.20. The molecule has 1 N–H and O–H groups in total. The molecule has 2 rings (SSSR count). The molecule has 0 bridgehead atoms. The van der Waals surface area contributed by atoms with Crippen molar-refractivity contribution >= 4 is 11.5 Å². The molecular formula is C13H19N3O2. The Bertz CT molecular complexity index is 462. The summed E-state index contributed by atoms with van der Waals surface area (Å²) in [4.78, 5) is 14.6. The molecular weight excluding hydrogens is 230 g/mol. The van der Waals surface area contributed by atoms with E-state index >= 15 is 0 Å². The van der Waals surface area contributed by atoms with Gasteiger partial charge in [-0.05, 0) is 37.7 Å². The fourth-order valence-electron chi connectivity index (χ4n) is 2.59. The predicted molar refractivity (Wildman–Crippen MR) is 70.6 cm³/mol. The van der Waals surface area contributed by atoms with Gasteiger partial charge in [-0.1, -0.05) is 13.8 Å². The van der Waals surface area contributed by atoms with Crippen LogP contribution in [0.2, 0.25) is 0 Å². The van der Waals surface area contributed by atoms with E-state index in [0.29, 0.717) is 17.7 Å². The minimum absolute atomic E-state index is 0.0772. The second-order valence-corrected chi connectivity index (χ2v) is 5.22. The van der Waals surface area contributed by atoms with E-state index in [0.717, 1.165) is 18.2 Å². The van der Waals surface area contributed by atoms with Crippen LogP contribution in [0, 0.1) is 28.9 Å². The molecule has 1 aromatic rings. The standard InChI is InChI=1S/C13H19N3O2/c1-8-4-5-11(9(8)2)15-13-7-6-12(16(17)18)10(3)14-13/h6-9,11H,4-5H2,1-3H3,(H,14,15). The fraction of sp³-hybridized carbons (Fsp3) is 0.615. The summed E-state index contributed by atoms with van der Waals surface area (Å²) in [5, 5.41) is 14.1. The molecule has 0 spiro atoms. The van der Waals surface area contributed by atoms with Gasteiger partial charge in [-0.2, -0.15) is 0 Å². The molecule has 5 nitrogen and oxygen atoms in total. The zero-order chi connectivity index (χ0) is 13.3. The van der Waals surface area contributed by atoms with Crippen molar-refractivity contribution in [2.75, 3.05) is 5.32 Å². The zero-order valence-corrected chi connectivity index (χ0v) is 11.0. The molecule has 0 radical (unpaired) electrons. The Morgan fingerprint density at radius 1 is 1.39 bits per heavy atom. The van der Waals surface area contributed by atoms with Crippen LogP contribution in [0.15, 0.2) is 12.1 Å². The third kappa shape index (κ3) is 2.44. The minimum atomic E-state index is -0.396. The van der Waals surface area contributed by atoms with Crippen molar-refractivity contribution in [2.45, 2.75) is 39.7 Å². The Balaban J connectivity index is 2.11. The van der Waals surface area contributed by atoms with E-state index in [1.54, 1.807) is 13.0 Å². The van der Waals surface area contributed by atoms with Gasteiger partial charge in [0.15, 0.2) is 0 Å². The SMILES string of the molecule is Cc1nc(NC2CCC(C)C2C)ccc1[N+](=O)[O-]. The van der Waals surface area contributed by atoms with Crippen LogP contribution in [0.25, 0.3) is 0 Å². The molecule has 0 aromatic carbocycles. The van der Waals surface area contributed by atoms with Crippen molar-refractivity contribution in [3.05, 3.63) is 27.9 Å². The molecule has 5 heteroatoms. The van der Waals surface area contributed by atoms with Crippen molar-refractivity contribution < 1.29 is 4.92 Å². The van der Waals surface area contributed by atoms with Crippen LogP contribution in [0.1, 0.15) is 32.4 Å². The first-order chi connectivity index (χ1) is 8.49. The first kappa shape index (κ1) is 12.8. The third-order valence-corrected chi connectivity index (χ3v) is 4.05. The summed E-state index contributed by atoms with van der Waals surface area (Å²) in [7, 11) is 0. The summed E-state index contributed by atoms with van der Waals surface area (Å²) < 4.78 is 0. The molecule has 1 aliphatic rings. The molecule has 3 unspecified atom stereocenters. The summed E-state index contributed by atoms with van der Waals surface area (Å²) in [5.74, 6) is 2.08. The monoisotopic (exact) mass is 249 g/mol. The molecule has 3 atom stereocenters. The molecule has 98 valence electrons. The normalized spacial score (nSPS) is 27.2. The lowest BCUT2D eigenvalue weighted by molar-refractivity contribution is -0.385. The number of anilines is 1. The second kappa shape index (κ2) is 4.92. The van der Waals surface area contributed by atoms with Crippen LogP contribution in [0.3, 0.4) is 0 Å². The van der Waals surface area contributed by atoms with Crippen LogP contribution in [0.4, 0.5) is 11.5 Å². The van der Waals surface area contributed by atoms with Gasteiger partial charge in [-0.3, -0.25) is 10.1 Å². The van der Waals surface area contributed by atoms with E-state index in [9.17, 15) is 10.1 Å². The fourth-order valence-corrected chi connectivity index (χ4v) is 2.59. The van der Waals surface area contributed by atoms with Gasteiger partial charge in [0.05, 0.1) is 4.92 Å². The Kier molecular flexibility index (Phi) is 3.50. The molecule has 0 saturated heterocycles. The second-order valence-electron chi connectivity index (χ2n) is 5.22. The molecule has 1 aliphatic carbocycles. The van der Waals surface area contributed by atoms with Gasteiger partial charge in [0.25, 0.3) is 5.69 Å². The van der Waals surface area contributed by atoms with Gasteiger partial charge in [0, 0.05) is 12.1 Å². The number of aromatic nitrogens is 1. The molecule has 1 heterocycles. The molecule has 1 fully saturated rings. The summed E-state index contributed by atoms with van der Waals surface area (Å²) >= 11 is 0. The van der Waals surface area contributed by atoms with Gasteiger partial charge in [0.1, 0.15) is 11.5 Å². The predicted octanol–water partition coefficient (Wildman–Crippen LogP) is 3.14. The van der Waals surface area contributed by atoms with Gasteiger partial charge in [-0.25, -0.2) is 4.98 Å². The van der Waals surface area contributed by atoms with Crippen LogP contribution in [0.5, 0.6) is 0 Å². The lowest BCUT2D eigenvalue weighted by atomic mass is 9.98. The highest BCUT2D eigenvalue weighted by Crippen LogP contribution is 2.33. The van der Waals surface area contributed by atoms with Crippen molar-refractivity contribution in [2.24, 2.45) is 11.8 Å². The zero-order valence-electron chi connectivity index (χ0n) is 11.0. The van der Waals surface area contributed by atoms with Crippen molar-refractivity contribution in [1.29, 1.82) is 0 Å². The van der Waals surface area contributed by atoms with Crippen molar-refractivity contribution in [3.63, 3.8) is 0 Å². The van der Waals surface area contributed by atoms with Gasteiger partial charge < -0.3 is 5.32 Å². The number of nitro groups is 1. The first-order valence-electron chi connectivity index (χ1n) is 6.37. The molecule has 0 aliphatic heterocycles. The highest BCUT2D eigenvalue weighted by molar-refractivity contribution is 5.45. The van der Waals surface area contributed by atoms with E-state index in [1.165, 1.54) is 12.5 Å². The number of pyridine rings is 1. The maximum absolute atomic E-state index is 10.7. The Morgan fingerprint density at radius 2 is 2.11 bits per heavy atom. The molecule has 1 saturated carbocycles. The highest BCUT2D eigenvalue weighted by Gasteiger charge is 2.29. The average molecular weight is 249 g/mol. The van der Waals surface area contributed by atoms with Crippen LogP contribution >= 0.6 is 0 Å². The Labute approximate surface area is 107 Å². The number of hydrogen-bond acceptors (Lipinski definition) is 4. The quantitative estimate of drug-likeness (QED) is 0.660. The maximum Gasteiger partial charge on any atom is 0.290 e. The number of nitrogens with zero attached hydrogens (tertiary/aromatic N) is 2.